The third-order valence-electron chi connectivity index (χ3n) is 2.77. The van der Waals surface area contributed by atoms with Crippen LogP contribution in [0.4, 0.5) is 24.1 Å². The molecule has 112 valence electrons. The van der Waals surface area contributed by atoms with E-state index in [0.29, 0.717) is 24.5 Å². The SMILES string of the molecule is CCNc1nc(N)c(C(=O)N(CC(F)(F)F)C2CC2)s1. The van der Waals surface area contributed by atoms with Crippen molar-refractivity contribution in [1.82, 2.24) is 9.88 Å². The molecule has 0 bridgehead atoms. The maximum absolute atomic E-state index is 12.5. The molecule has 20 heavy (non-hydrogen) atoms. The highest BCUT2D eigenvalue weighted by Gasteiger charge is 2.41. The summed E-state index contributed by atoms with van der Waals surface area (Å²) >= 11 is 0.986. The van der Waals surface area contributed by atoms with Gasteiger partial charge in [0.05, 0.1) is 0 Å². The summed E-state index contributed by atoms with van der Waals surface area (Å²) < 4.78 is 37.6. The number of nitrogen functional groups attached to an aromatic ring is 1. The topological polar surface area (TPSA) is 71.2 Å². The number of hydrogen-bond acceptors (Lipinski definition) is 5. The van der Waals surface area contributed by atoms with E-state index in [1.807, 2.05) is 6.92 Å². The van der Waals surface area contributed by atoms with Crippen LogP contribution in [0.3, 0.4) is 0 Å². The van der Waals surface area contributed by atoms with Gasteiger partial charge in [0.2, 0.25) is 0 Å². The fourth-order valence-electron chi connectivity index (χ4n) is 1.79. The first kappa shape index (κ1) is 14.9. The number of nitrogens with zero attached hydrogens (tertiary/aromatic N) is 2. The number of alkyl halides is 3. The molecular formula is C11H15F3N4OS. The van der Waals surface area contributed by atoms with Crippen LogP contribution >= 0.6 is 11.3 Å². The number of nitrogens with two attached hydrogens (primary N) is 1. The van der Waals surface area contributed by atoms with Crippen LogP contribution in [0.25, 0.3) is 0 Å². The average Bonchev–Trinajstić information content (AvgIpc) is 3.10. The lowest BCUT2D eigenvalue weighted by Crippen LogP contribution is -2.40. The van der Waals surface area contributed by atoms with Gasteiger partial charge in [0, 0.05) is 12.6 Å². The highest BCUT2D eigenvalue weighted by molar-refractivity contribution is 7.18. The van der Waals surface area contributed by atoms with Crippen LogP contribution in [0.5, 0.6) is 0 Å². The molecule has 0 spiro atoms. The lowest BCUT2D eigenvalue weighted by molar-refractivity contribution is -0.141. The summed E-state index contributed by atoms with van der Waals surface area (Å²) in [5, 5.41) is 3.33. The number of nitrogens with one attached hydrogen (secondary N) is 1. The quantitative estimate of drug-likeness (QED) is 0.876. The van der Waals surface area contributed by atoms with E-state index in [2.05, 4.69) is 10.3 Å². The molecule has 1 aromatic rings. The highest BCUT2D eigenvalue weighted by Crippen LogP contribution is 2.34. The summed E-state index contributed by atoms with van der Waals surface area (Å²) in [6.45, 7) is 1.19. The van der Waals surface area contributed by atoms with Gasteiger partial charge in [0.25, 0.3) is 5.91 Å². The van der Waals surface area contributed by atoms with E-state index >= 15 is 0 Å². The smallest absolute Gasteiger partial charge is 0.382 e. The number of carbonyl (C=O) groups excluding carboxylic acids is 1. The van der Waals surface area contributed by atoms with Crippen LogP contribution in [0.1, 0.15) is 29.4 Å². The van der Waals surface area contributed by atoms with Gasteiger partial charge in [-0.25, -0.2) is 4.98 Å². The van der Waals surface area contributed by atoms with E-state index in [9.17, 15) is 18.0 Å². The lowest BCUT2D eigenvalue weighted by Gasteiger charge is -2.23. The summed E-state index contributed by atoms with van der Waals surface area (Å²) in [5.74, 6) is -0.715. The van der Waals surface area contributed by atoms with Gasteiger partial charge in [-0.05, 0) is 19.8 Å². The molecule has 2 rings (SSSR count). The Morgan fingerprint density at radius 1 is 1.55 bits per heavy atom. The molecular weight excluding hydrogens is 293 g/mol. The second-order valence-corrected chi connectivity index (χ2v) is 5.54. The third-order valence-corrected chi connectivity index (χ3v) is 3.79. The Hall–Kier alpha value is -1.51. The zero-order chi connectivity index (χ0) is 14.9. The van der Waals surface area contributed by atoms with E-state index in [0.717, 1.165) is 16.2 Å². The Morgan fingerprint density at radius 3 is 2.70 bits per heavy atom. The van der Waals surface area contributed by atoms with Crippen molar-refractivity contribution in [2.45, 2.75) is 32.0 Å². The molecule has 1 fully saturated rings. The van der Waals surface area contributed by atoms with E-state index in [1.54, 1.807) is 0 Å². The molecule has 0 unspecified atom stereocenters. The second-order valence-electron chi connectivity index (χ2n) is 4.54. The van der Waals surface area contributed by atoms with Crippen molar-refractivity contribution < 1.29 is 18.0 Å². The first-order chi connectivity index (χ1) is 9.31. The fourth-order valence-corrected chi connectivity index (χ4v) is 2.70. The van der Waals surface area contributed by atoms with Gasteiger partial charge in [-0.1, -0.05) is 11.3 Å². The van der Waals surface area contributed by atoms with Gasteiger partial charge >= 0.3 is 6.18 Å². The van der Waals surface area contributed by atoms with Crippen molar-refractivity contribution >= 4 is 28.2 Å². The Morgan fingerprint density at radius 2 is 2.20 bits per heavy atom. The van der Waals surface area contributed by atoms with Gasteiger partial charge in [-0.15, -0.1) is 0 Å². The van der Waals surface area contributed by atoms with Crippen LogP contribution < -0.4 is 11.1 Å². The van der Waals surface area contributed by atoms with Gasteiger partial charge in [0.15, 0.2) is 5.13 Å². The Kier molecular flexibility index (Phi) is 4.07. The standard InChI is InChI=1S/C11H15F3N4OS/c1-2-16-10-17-8(15)7(20-10)9(19)18(6-3-4-6)5-11(12,13)14/h6H,2-5,15H2,1H3,(H,16,17). The molecule has 0 radical (unpaired) electrons. The Balaban J connectivity index is 2.19. The summed E-state index contributed by atoms with van der Waals surface area (Å²) in [5.41, 5.74) is 5.63. The predicted octanol–water partition coefficient (Wildman–Crippen LogP) is 2.32. The maximum atomic E-state index is 12.5. The number of aromatic nitrogens is 1. The molecule has 0 atom stereocenters. The van der Waals surface area contributed by atoms with E-state index in [-0.39, 0.29) is 16.7 Å². The van der Waals surface area contributed by atoms with Crippen LogP contribution in [0, 0.1) is 0 Å². The summed E-state index contributed by atoms with van der Waals surface area (Å²) in [7, 11) is 0. The zero-order valence-electron chi connectivity index (χ0n) is 10.8. The second kappa shape index (κ2) is 5.47. The van der Waals surface area contributed by atoms with Crippen molar-refractivity contribution in [3.8, 4) is 0 Å². The summed E-state index contributed by atoms with van der Waals surface area (Å²) in [6.07, 6.45) is -3.22. The maximum Gasteiger partial charge on any atom is 0.406 e. The van der Waals surface area contributed by atoms with E-state index in [1.165, 1.54) is 0 Å². The highest BCUT2D eigenvalue weighted by atomic mass is 32.1. The van der Waals surface area contributed by atoms with E-state index < -0.39 is 18.6 Å². The molecule has 0 aromatic carbocycles. The van der Waals surface area contributed by atoms with E-state index in [4.69, 9.17) is 5.73 Å². The molecule has 1 aliphatic rings. The number of thiazole rings is 1. The van der Waals surface area contributed by atoms with Crippen molar-refractivity contribution in [3.05, 3.63) is 4.88 Å². The van der Waals surface area contributed by atoms with Crippen molar-refractivity contribution in [3.63, 3.8) is 0 Å². The lowest BCUT2D eigenvalue weighted by atomic mass is 10.3. The molecule has 9 heteroatoms. The van der Waals surface area contributed by atoms with Crippen LogP contribution in [-0.2, 0) is 0 Å². The number of carbonyl (C=O) groups is 1. The largest absolute Gasteiger partial charge is 0.406 e. The first-order valence-corrected chi connectivity index (χ1v) is 7.01. The molecule has 0 aliphatic heterocycles. The zero-order valence-corrected chi connectivity index (χ0v) is 11.6. The number of amides is 1. The first-order valence-electron chi connectivity index (χ1n) is 6.19. The van der Waals surface area contributed by atoms with Gasteiger partial charge in [-0.2, -0.15) is 13.2 Å². The van der Waals surface area contributed by atoms with Gasteiger partial charge in [0.1, 0.15) is 17.2 Å². The normalized spacial score (nSPS) is 15.2. The fraction of sp³-hybridized carbons (Fsp3) is 0.636. The summed E-state index contributed by atoms with van der Waals surface area (Å²) in [4.78, 5) is 17.1. The molecule has 1 amide bonds. The Bertz CT molecular complexity index is 498. The Labute approximate surface area is 118 Å². The molecule has 0 saturated heterocycles. The van der Waals surface area contributed by atoms with Crippen LogP contribution in [0.15, 0.2) is 0 Å². The molecule has 1 saturated carbocycles. The van der Waals surface area contributed by atoms with Gasteiger partial charge in [-0.3, -0.25) is 4.79 Å². The minimum absolute atomic E-state index is 0.0243. The molecule has 1 aromatic heterocycles. The van der Waals surface area contributed by atoms with Crippen LogP contribution in [0.2, 0.25) is 0 Å². The van der Waals surface area contributed by atoms with Crippen molar-refractivity contribution in [2.24, 2.45) is 0 Å². The molecule has 1 aliphatic carbocycles. The van der Waals surface area contributed by atoms with Crippen molar-refractivity contribution in [2.75, 3.05) is 24.1 Å². The predicted molar refractivity (Wildman–Crippen MR) is 70.8 cm³/mol. The molecule has 1 heterocycles. The van der Waals surface area contributed by atoms with Crippen LogP contribution in [-0.4, -0.2) is 41.1 Å². The number of anilines is 2. The molecule has 5 nitrogen and oxygen atoms in total. The summed E-state index contributed by atoms with van der Waals surface area (Å²) in [6, 6.07) is -0.340. The van der Waals surface area contributed by atoms with Crippen molar-refractivity contribution in [1.29, 1.82) is 0 Å². The number of halogens is 3. The minimum Gasteiger partial charge on any atom is -0.382 e. The average molecular weight is 308 g/mol. The third kappa shape index (κ3) is 3.53. The van der Waals surface area contributed by atoms with Gasteiger partial charge < -0.3 is 16.0 Å². The monoisotopic (exact) mass is 308 g/mol. The minimum atomic E-state index is -4.41. The number of rotatable bonds is 5. The molecule has 3 N–H and O–H groups in total. The number of hydrogen-bond donors (Lipinski definition) is 2.